The van der Waals surface area contributed by atoms with Crippen LogP contribution in [-0.4, -0.2) is 34.7 Å². The first-order chi connectivity index (χ1) is 11.4. The number of nitrogens with two attached hydrogens (primary N) is 2. The van der Waals surface area contributed by atoms with Gasteiger partial charge in [0, 0.05) is 33.9 Å². The van der Waals surface area contributed by atoms with Gasteiger partial charge in [0.2, 0.25) is 0 Å². The molecule has 126 valence electrons. The minimum atomic E-state index is 0.148. The largest absolute Gasteiger partial charge is 0.507 e. The maximum absolute atomic E-state index is 9.85. The molecule has 0 aromatic heterocycles. The number of phenols is 2. The predicted octanol–water partition coefficient (Wildman–Crippen LogP) is 2.58. The van der Waals surface area contributed by atoms with Gasteiger partial charge in [0.25, 0.3) is 0 Å². The Morgan fingerprint density at radius 1 is 0.792 bits per heavy atom. The van der Waals surface area contributed by atoms with Crippen LogP contribution in [0.3, 0.4) is 0 Å². The van der Waals surface area contributed by atoms with Gasteiger partial charge in [0.1, 0.15) is 11.5 Å². The van der Waals surface area contributed by atoms with Crippen LogP contribution in [0, 0.1) is 0 Å². The lowest BCUT2D eigenvalue weighted by molar-refractivity contribution is 0.473. The van der Waals surface area contributed by atoms with Crippen LogP contribution in [0.25, 0.3) is 0 Å². The van der Waals surface area contributed by atoms with Crippen LogP contribution in [0.4, 0.5) is 11.4 Å². The van der Waals surface area contributed by atoms with Crippen molar-refractivity contribution in [3.8, 4) is 11.5 Å². The van der Waals surface area contributed by atoms with Gasteiger partial charge in [-0.2, -0.15) is 0 Å². The monoisotopic (exact) mass is 326 g/mol. The maximum atomic E-state index is 9.85. The minimum Gasteiger partial charge on any atom is -0.507 e. The van der Waals surface area contributed by atoms with Gasteiger partial charge in [-0.25, -0.2) is 0 Å². The van der Waals surface area contributed by atoms with Crippen molar-refractivity contribution in [1.82, 2.24) is 0 Å². The number of nitrogen functional groups attached to an aromatic ring is 2. The minimum absolute atomic E-state index is 0.148. The smallest absolute Gasteiger partial charge is 0.124 e. The summed E-state index contributed by atoms with van der Waals surface area (Å²) in [5.74, 6) is 0.296. The third-order valence-electron chi connectivity index (χ3n) is 3.62. The third-order valence-corrected chi connectivity index (χ3v) is 3.62. The van der Waals surface area contributed by atoms with E-state index in [-0.39, 0.29) is 11.5 Å². The van der Waals surface area contributed by atoms with Gasteiger partial charge in [-0.15, -0.1) is 0 Å². The molecule has 0 aliphatic carbocycles. The van der Waals surface area contributed by atoms with E-state index in [9.17, 15) is 10.2 Å². The van der Waals surface area contributed by atoms with E-state index in [0.717, 1.165) is 0 Å². The number of anilines is 2. The van der Waals surface area contributed by atoms with Crippen LogP contribution in [0.5, 0.6) is 11.5 Å². The molecule has 0 saturated heterocycles. The molecule has 0 aliphatic heterocycles. The number of aliphatic imine (C=N–C) groups is 2. The van der Waals surface area contributed by atoms with Crippen LogP contribution in [0.1, 0.15) is 25.0 Å². The lowest BCUT2D eigenvalue weighted by atomic mass is 10.1. The first-order valence-electron chi connectivity index (χ1n) is 7.58. The lowest BCUT2D eigenvalue weighted by Gasteiger charge is -2.06. The Hall–Kier alpha value is -3.02. The molecule has 0 bridgehead atoms. The Morgan fingerprint density at radius 3 is 1.54 bits per heavy atom. The third kappa shape index (κ3) is 4.25. The predicted molar refractivity (Wildman–Crippen MR) is 99.2 cm³/mol. The Labute approximate surface area is 141 Å². The van der Waals surface area contributed by atoms with Gasteiger partial charge in [0.15, 0.2) is 0 Å². The van der Waals surface area contributed by atoms with E-state index in [1.54, 1.807) is 36.4 Å². The molecule has 0 aliphatic rings. The van der Waals surface area contributed by atoms with E-state index in [0.29, 0.717) is 47.0 Å². The SMILES string of the molecule is CC(=NCCN=C(C)c1cc(N)ccc1O)c1cc(N)ccc1O. The fourth-order valence-electron chi connectivity index (χ4n) is 2.29. The standard InChI is InChI=1S/C18H22N4O2/c1-11(15-9-13(19)3-5-17(15)23)21-7-8-22-12(2)16-10-14(20)4-6-18(16)24/h3-6,9-10,23-24H,7-8,19-20H2,1-2H3. The molecule has 2 rings (SSSR count). The molecule has 0 fully saturated rings. The number of hydrogen-bond acceptors (Lipinski definition) is 6. The molecule has 2 aromatic carbocycles. The molecule has 0 spiro atoms. The van der Waals surface area contributed by atoms with Gasteiger partial charge < -0.3 is 21.7 Å². The van der Waals surface area contributed by atoms with Crippen molar-refractivity contribution < 1.29 is 10.2 Å². The van der Waals surface area contributed by atoms with Gasteiger partial charge in [-0.1, -0.05) is 0 Å². The van der Waals surface area contributed by atoms with Crippen LogP contribution in [0.2, 0.25) is 0 Å². The molecule has 6 nitrogen and oxygen atoms in total. The summed E-state index contributed by atoms with van der Waals surface area (Å²) < 4.78 is 0. The number of benzene rings is 2. The van der Waals surface area contributed by atoms with Gasteiger partial charge >= 0.3 is 0 Å². The highest BCUT2D eigenvalue weighted by Gasteiger charge is 2.06. The normalized spacial score (nSPS) is 12.4. The first-order valence-corrected chi connectivity index (χ1v) is 7.58. The summed E-state index contributed by atoms with van der Waals surface area (Å²) in [7, 11) is 0. The fraction of sp³-hybridized carbons (Fsp3) is 0.222. The summed E-state index contributed by atoms with van der Waals surface area (Å²) in [5, 5.41) is 19.7. The molecular weight excluding hydrogens is 304 g/mol. The number of nitrogens with zero attached hydrogens (tertiary/aromatic N) is 2. The summed E-state index contributed by atoms with van der Waals surface area (Å²) in [5.41, 5.74) is 15.2. The van der Waals surface area contributed by atoms with E-state index >= 15 is 0 Å². The molecule has 2 aromatic rings. The molecule has 0 heterocycles. The van der Waals surface area contributed by atoms with Crippen molar-refractivity contribution in [2.24, 2.45) is 9.98 Å². The summed E-state index contributed by atoms with van der Waals surface area (Å²) in [6, 6.07) is 9.75. The van der Waals surface area contributed by atoms with Crippen molar-refractivity contribution in [3.63, 3.8) is 0 Å². The number of hydrogen-bond donors (Lipinski definition) is 4. The van der Waals surface area contributed by atoms with Crippen molar-refractivity contribution >= 4 is 22.8 Å². The zero-order chi connectivity index (χ0) is 17.7. The van der Waals surface area contributed by atoms with Gasteiger partial charge in [-0.3, -0.25) is 9.98 Å². The van der Waals surface area contributed by atoms with Crippen molar-refractivity contribution in [2.75, 3.05) is 24.6 Å². The number of phenolic OH excluding ortho intramolecular Hbond substituents is 2. The molecule has 0 atom stereocenters. The summed E-state index contributed by atoms with van der Waals surface area (Å²) in [6.45, 7) is 4.55. The Kier molecular flexibility index (Phi) is 5.42. The van der Waals surface area contributed by atoms with E-state index in [1.807, 2.05) is 13.8 Å². The van der Waals surface area contributed by atoms with Crippen LogP contribution >= 0.6 is 0 Å². The highest BCUT2D eigenvalue weighted by Crippen LogP contribution is 2.21. The molecule has 0 unspecified atom stereocenters. The molecule has 24 heavy (non-hydrogen) atoms. The van der Waals surface area contributed by atoms with Crippen molar-refractivity contribution in [3.05, 3.63) is 47.5 Å². The molecule has 0 amide bonds. The van der Waals surface area contributed by atoms with E-state index in [1.165, 1.54) is 0 Å². The Balaban J connectivity index is 2.05. The Morgan fingerprint density at radius 2 is 1.17 bits per heavy atom. The average molecular weight is 326 g/mol. The second-order valence-corrected chi connectivity index (χ2v) is 5.49. The van der Waals surface area contributed by atoms with E-state index in [4.69, 9.17) is 11.5 Å². The summed E-state index contributed by atoms with van der Waals surface area (Å²) >= 11 is 0. The molecule has 0 radical (unpaired) electrons. The second-order valence-electron chi connectivity index (χ2n) is 5.49. The van der Waals surface area contributed by atoms with E-state index < -0.39 is 0 Å². The lowest BCUT2D eigenvalue weighted by Crippen LogP contribution is -2.02. The maximum Gasteiger partial charge on any atom is 0.124 e. The topological polar surface area (TPSA) is 117 Å². The van der Waals surface area contributed by atoms with Crippen LogP contribution in [-0.2, 0) is 0 Å². The zero-order valence-corrected chi connectivity index (χ0v) is 13.8. The molecule has 6 N–H and O–H groups in total. The van der Waals surface area contributed by atoms with Crippen LogP contribution < -0.4 is 11.5 Å². The number of aromatic hydroxyl groups is 2. The molecule has 0 saturated carbocycles. The Bertz CT molecular complexity index is 730. The number of rotatable bonds is 5. The highest BCUT2D eigenvalue weighted by molar-refractivity contribution is 6.02. The molecular formula is C18H22N4O2. The van der Waals surface area contributed by atoms with Crippen LogP contribution in [0.15, 0.2) is 46.4 Å². The quantitative estimate of drug-likeness (QED) is 0.292. The van der Waals surface area contributed by atoms with Crippen molar-refractivity contribution in [2.45, 2.75) is 13.8 Å². The summed E-state index contributed by atoms with van der Waals surface area (Å²) in [6.07, 6.45) is 0. The van der Waals surface area contributed by atoms with E-state index in [2.05, 4.69) is 9.98 Å². The average Bonchev–Trinajstić information content (AvgIpc) is 2.55. The second kappa shape index (κ2) is 7.50. The zero-order valence-electron chi connectivity index (χ0n) is 13.8. The first kappa shape index (κ1) is 17.3. The van der Waals surface area contributed by atoms with Crippen molar-refractivity contribution in [1.29, 1.82) is 0 Å². The summed E-state index contributed by atoms with van der Waals surface area (Å²) in [4.78, 5) is 8.82. The van der Waals surface area contributed by atoms with Gasteiger partial charge in [-0.05, 0) is 50.2 Å². The molecule has 6 heteroatoms. The van der Waals surface area contributed by atoms with Gasteiger partial charge in [0.05, 0.1) is 13.1 Å². The fourth-order valence-corrected chi connectivity index (χ4v) is 2.29. The highest BCUT2D eigenvalue weighted by atomic mass is 16.3.